The van der Waals surface area contributed by atoms with Gasteiger partial charge in [0.25, 0.3) is 11.8 Å². The number of rotatable bonds is 8. The molecule has 138 valence electrons. The Morgan fingerprint density at radius 3 is 2.38 bits per heavy atom. The molecule has 2 rings (SSSR count). The second-order valence-electron chi connectivity index (χ2n) is 5.98. The molecule has 0 aromatic heterocycles. The summed E-state index contributed by atoms with van der Waals surface area (Å²) in [5.74, 6) is 0.153. The molecule has 26 heavy (non-hydrogen) atoms. The van der Waals surface area contributed by atoms with Gasteiger partial charge in [0.2, 0.25) is 0 Å². The normalized spacial score (nSPS) is 10.5. The van der Waals surface area contributed by atoms with Gasteiger partial charge in [0.1, 0.15) is 5.75 Å². The van der Waals surface area contributed by atoms with Gasteiger partial charge in [0, 0.05) is 30.5 Å². The highest BCUT2D eigenvalue weighted by molar-refractivity contribution is 6.05. The van der Waals surface area contributed by atoms with Crippen LogP contribution in [0.1, 0.15) is 34.6 Å². The van der Waals surface area contributed by atoms with Gasteiger partial charge in [-0.25, -0.2) is 0 Å². The minimum Gasteiger partial charge on any atom is -0.491 e. The summed E-state index contributed by atoms with van der Waals surface area (Å²) in [6.45, 7) is 4.72. The van der Waals surface area contributed by atoms with E-state index in [0.717, 1.165) is 0 Å². The van der Waals surface area contributed by atoms with Crippen LogP contribution < -0.4 is 15.4 Å². The first-order valence-corrected chi connectivity index (χ1v) is 8.45. The van der Waals surface area contributed by atoms with Gasteiger partial charge in [-0.15, -0.1) is 0 Å². The standard InChI is InChI=1S/C20H24N2O4/c1-14(2)26-18-9-5-7-16(13-18)20(24)22-17-8-4-6-15(12-17)19(23)21-10-11-25-3/h4-9,12-14H,10-11H2,1-3H3,(H,21,23)(H,22,24). The predicted octanol–water partition coefficient (Wildman–Crippen LogP) is 3.10. The molecule has 0 unspecified atom stereocenters. The van der Waals surface area contributed by atoms with Gasteiger partial charge in [0.15, 0.2) is 0 Å². The van der Waals surface area contributed by atoms with Crippen LogP contribution in [0.2, 0.25) is 0 Å². The number of nitrogens with one attached hydrogen (secondary N) is 2. The first-order chi connectivity index (χ1) is 12.5. The third-order valence-electron chi connectivity index (χ3n) is 3.44. The van der Waals surface area contributed by atoms with Crippen LogP contribution in [0.3, 0.4) is 0 Å². The van der Waals surface area contributed by atoms with E-state index in [9.17, 15) is 9.59 Å². The number of methoxy groups -OCH3 is 1. The van der Waals surface area contributed by atoms with Gasteiger partial charge in [-0.05, 0) is 50.2 Å². The van der Waals surface area contributed by atoms with Crippen LogP contribution in [-0.4, -0.2) is 38.2 Å². The van der Waals surface area contributed by atoms with Crippen LogP contribution in [0.4, 0.5) is 5.69 Å². The number of benzene rings is 2. The summed E-state index contributed by atoms with van der Waals surface area (Å²) in [6.07, 6.45) is 0.0293. The second kappa shape index (κ2) is 9.58. The zero-order valence-corrected chi connectivity index (χ0v) is 15.2. The molecule has 6 heteroatoms. The minimum atomic E-state index is -0.267. The molecule has 0 saturated carbocycles. The molecule has 0 fully saturated rings. The van der Waals surface area contributed by atoms with Crippen molar-refractivity contribution in [1.29, 1.82) is 0 Å². The average molecular weight is 356 g/mol. The third kappa shape index (κ3) is 5.89. The maximum absolute atomic E-state index is 12.5. The molecule has 2 amide bonds. The van der Waals surface area contributed by atoms with E-state index >= 15 is 0 Å². The third-order valence-corrected chi connectivity index (χ3v) is 3.44. The minimum absolute atomic E-state index is 0.0293. The number of carbonyl (C=O) groups excluding carboxylic acids is 2. The quantitative estimate of drug-likeness (QED) is 0.713. The topological polar surface area (TPSA) is 76.7 Å². The monoisotopic (exact) mass is 356 g/mol. The van der Waals surface area contributed by atoms with Gasteiger partial charge >= 0.3 is 0 Å². The highest BCUT2D eigenvalue weighted by Crippen LogP contribution is 2.17. The Kier molecular flexibility index (Phi) is 7.17. The highest BCUT2D eigenvalue weighted by atomic mass is 16.5. The Morgan fingerprint density at radius 2 is 1.69 bits per heavy atom. The van der Waals surface area contributed by atoms with Gasteiger partial charge < -0.3 is 20.1 Å². The van der Waals surface area contributed by atoms with Crippen LogP contribution in [0, 0.1) is 0 Å². The van der Waals surface area contributed by atoms with E-state index in [-0.39, 0.29) is 17.9 Å². The summed E-state index contributed by atoms with van der Waals surface area (Å²) in [5.41, 5.74) is 1.50. The van der Waals surface area contributed by atoms with Crippen molar-refractivity contribution in [2.75, 3.05) is 25.6 Å². The van der Waals surface area contributed by atoms with Crippen LogP contribution in [0.25, 0.3) is 0 Å². The highest BCUT2D eigenvalue weighted by Gasteiger charge is 2.10. The second-order valence-corrected chi connectivity index (χ2v) is 5.98. The molecular formula is C20H24N2O4. The lowest BCUT2D eigenvalue weighted by molar-refractivity contribution is 0.0936. The van der Waals surface area contributed by atoms with E-state index in [4.69, 9.17) is 9.47 Å². The molecule has 0 aliphatic rings. The SMILES string of the molecule is COCCNC(=O)c1cccc(NC(=O)c2cccc(OC(C)C)c2)c1. The molecule has 2 aromatic rings. The zero-order valence-electron chi connectivity index (χ0n) is 15.2. The summed E-state index contributed by atoms with van der Waals surface area (Å²) in [6, 6.07) is 13.8. The summed E-state index contributed by atoms with van der Waals surface area (Å²) in [4.78, 5) is 24.5. The van der Waals surface area contributed by atoms with Crippen molar-refractivity contribution in [3.8, 4) is 5.75 Å². The molecular weight excluding hydrogens is 332 g/mol. The number of ether oxygens (including phenoxy) is 2. The van der Waals surface area contributed by atoms with E-state index in [1.165, 1.54) is 0 Å². The van der Waals surface area contributed by atoms with Crippen LogP contribution in [0.15, 0.2) is 48.5 Å². The van der Waals surface area contributed by atoms with Crippen LogP contribution >= 0.6 is 0 Å². The lowest BCUT2D eigenvalue weighted by Gasteiger charge is -2.11. The zero-order chi connectivity index (χ0) is 18.9. The fourth-order valence-corrected chi connectivity index (χ4v) is 2.29. The number of hydrogen-bond donors (Lipinski definition) is 2. The lowest BCUT2D eigenvalue weighted by atomic mass is 10.1. The van der Waals surface area contributed by atoms with Crippen molar-refractivity contribution in [3.05, 3.63) is 59.7 Å². The van der Waals surface area contributed by atoms with Crippen molar-refractivity contribution >= 4 is 17.5 Å². The summed E-state index contributed by atoms with van der Waals surface area (Å²) in [5, 5.41) is 5.55. The van der Waals surface area contributed by atoms with Crippen molar-refractivity contribution in [1.82, 2.24) is 5.32 Å². The Hall–Kier alpha value is -2.86. The molecule has 0 aliphatic heterocycles. The van der Waals surface area contributed by atoms with Gasteiger partial charge in [0.05, 0.1) is 12.7 Å². The number of anilines is 1. The molecule has 0 aliphatic carbocycles. The first kappa shape index (κ1) is 19.5. The number of hydrogen-bond acceptors (Lipinski definition) is 4. The van der Waals surface area contributed by atoms with E-state index in [1.807, 2.05) is 19.9 Å². The van der Waals surface area contributed by atoms with Gasteiger partial charge in [-0.2, -0.15) is 0 Å². The van der Waals surface area contributed by atoms with E-state index in [1.54, 1.807) is 49.6 Å². The molecule has 6 nitrogen and oxygen atoms in total. The number of carbonyl (C=O) groups is 2. The van der Waals surface area contributed by atoms with Crippen LogP contribution in [0.5, 0.6) is 5.75 Å². The molecule has 0 bridgehead atoms. The van der Waals surface area contributed by atoms with Crippen molar-refractivity contribution in [2.45, 2.75) is 20.0 Å². The van der Waals surface area contributed by atoms with E-state index in [2.05, 4.69) is 10.6 Å². The summed E-state index contributed by atoms with van der Waals surface area (Å²) >= 11 is 0. The maximum Gasteiger partial charge on any atom is 0.255 e. The molecule has 2 aromatic carbocycles. The van der Waals surface area contributed by atoms with Crippen LogP contribution in [-0.2, 0) is 4.74 Å². The molecule has 2 N–H and O–H groups in total. The Bertz CT molecular complexity index is 759. The molecule has 0 heterocycles. The van der Waals surface area contributed by atoms with Gasteiger partial charge in [-0.3, -0.25) is 9.59 Å². The fourth-order valence-electron chi connectivity index (χ4n) is 2.29. The average Bonchev–Trinajstić information content (AvgIpc) is 2.61. The van der Waals surface area contributed by atoms with E-state index < -0.39 is 0 Å². The number of amides is 2. The lowest BCUT2D eigenvalue weighted by Crippen LogP contribution is -2.27. The molecule has 0 radical (unpaired) electrons. The molecule has 0 atom stereocenters. The Morgan fingerprint density at radius 1 is 1.00 bits per heavy atom. The summed E-state index contributed by atoms with van der Waals surface area (Å²) in [7, 11) is 1.57. The Balaban J connectivity index is 2.05. The largest absolute Gasteiger partial charge is 0.491 e. The Labute approximate surface area is 153 Å². The smallest absolute Gasteiger partial charge is 0.255 e. The van der Waals surface area contributed by atoms with Crippen molar-refractivity contribution in [3.63, 3.8) is 0 Å². The molecule has 0 saturated heterocycles. The van der Waals surface area contributed by atoms with E-state index in [0.29, 0.717) is 35.7 Å². The fraction of sp³-hybridized carbons (Fsp3) is 0.300. The maximum atomic E-state index is 12.5. The molecule has 0 spiro atoms. The van der Waals surface area contributed by atoms with Gasteiger partial charge in [-0.1, -0.05) is 12.1 Å². The summed E-state index contributed by atoms with van der Waals surface area (Å²) < 4.78 is 10.5. The van der Waals surface area contributed by atoms with Crippen molar-refractivity contribution < 1.29 is 19.1 Å². The first-order valence-electron chi connectivity index (χ1n) is 8.45. The van der Waals surface area contributed by atoms with Crippen molar-refractivity contribution in [2.24, 2.45) is 0 Å². The predicted molar refractivity (Wildman–Crippen MR) is 101 cm³/mol.